The van der Waals surface area contributed by atoms with Crippen molar-refractivity contribution in [3.8, 4) is 0 Å². The Balaban J connectivity index is 1.58. The summed E-state index contributed by atoms with van der Waals surface area (Å²) in [6.07, 6.45) is 6.69. The zero-order valence-corrected chi connectivity index (χ0v) is 17.1. The van der Waals surface area contributed by atoms with Crippen molar-refractivity contribution in [2.45, 2.75) is 58.9 Å². The summed E-state index contributed by atoms with van der Waals surface area (Å²) >= 11 is 0. The van der Waals surface area contributed by atoms with Crippen molar-refractivity contribution >= 4 is 23.0 Å². The van der Waals surface area contributed by atoms with Gasteiger partial charge in [-0.15, -0.1) is 0 Å². The van der Waals surface area contributed by atoms with Crippen LogP contribution in [0, 0.1) is 11.3 Å². The van der Waals surface area contributed by atoms with Crippen molar-refractivity contribution in [2.24, 2.45) is 11.3 Å². The number of likely N-dealkylation sites (tertiary alicyclic amines) is 1. The fourth-order valence-corrected chi connectivity index (χ4v) is 3.83. The molecule has 0 bridgehead atoms. The van der Waals surface area contributed by atoms with Crippen LogP contribution in [0.4, 0.5) is 0 Å². The van der Waals surface area contributed by atoms with Gasteiger partial charge < -0.3 is 15.2 Å². The predicted octanol–water partition coefficient (Wildman–Crippen LogP) is 2.85. The van der Waals surface area contributed by atoms with Crippen molar-refractivity contribution in [3.05, 3.63) is 23.7 Å². The Morgan fingerprint density at radius 2 is 2.04 bits per heavy atom. The molecule has 2 aliphatic rings. The Labute approximate surface area is 165 Å². The van der Waals surface area contributed by atoms with Crippen LogP contribution < -0.4 is 5.32 Å². The first kappa shape index (κ1) is 18.9. The molecule has 7 nitrogen and oxygen atoms in total. The quantitative estimate of drug-likeness (QED) is 0.849. The lowest BCUT2D eigenvalue weighted by Gasteiger charge is -2.33. The summed E-state index contributed by atoms with van der Waals surface area (Å²) in [6.45, 7) is 9.61. The van der Waals surface area contributed by atoms with E-state index in [0.29, 0.717) is 28.6 Å². The number of hydrogen-bond donors (Lipinski definition) is 2. The van der Waals surface area contributed by atoms with E-state index < -0.39 is 11.5 Å². The van der Waals surface area contributed by atoms with Gasteiger partial charge in [0.25, 0.3) is 5.91 Å². The third-order valence-corrected chi connectivity index (χ3v) is 5.76. The summed E-state index contributed by atoms with van der Waals surface area (Å²) in [5, 5.41) is 2.99. The fourth-order valence-electron chi connectivity index (χ4n) is 3.83. The van der Waals surface area contributed by atoms with E-state index >= 15 is 0 Å². The Kier molecular flexibility index (Phi) is 4.63. The third kappa shape index (κ3) is 3.62. The second-order valence-corrected chi connectivity index (χ2v) is 9.42. The maximum Gasteiger partial charge on any atom is 0.255 e. The molecule has 2 amide bonds. The average Bonchev–Trinajstić information content (AvgIpc) is 3.26. The Morgan fingerprint density at radius 3 is 2.64 bits per heavy atom. The van der Waals surface area contributed by atoms with Crippen LogP contribution in [0.5, 0.6) is 0 Å². The molecule has 3 heterocycles. The summed E-state index contributed by atoms with van der Waals surface area (Å²) in [5.74, 6) is 0.678. The summed E-state index contributed by atoms with van der Waals surface area (Å²) in [7, 11) is 0. The molecule has 0 unspecified atom stereocenters. The van der Waals surface area contributed by atoms with Gasteiger partial charge in [0, 0.05) is 25.2 Å². The van der Waals surface area contributed by atoms with E-state index in [9.17, 15) is 9.59 Å². The van der Waals surface area contributed by atoms with Gasteiger partial charge in [0.05, 0.1) is 17.5 Å². The number of fused-ring (bicyclic) bond motifs is 1. The van der Waals surface area contributed by atoms with Gasteiger partial charge >= 0.3 is 0 Å². The fraction of sp³-hybridized carbons (Fsp3) is 0.619. The van der Waals surface area contributed by atoms with Gasteiger partial charge in [0.15, 0.2) is 5.65 Å². The lowest BCUT2D eigenvalue weighted by atomic mass is 9.85. The number of nitrogens with one attached hydrogen (secondary N) is 2. The summed E-state index contributed by atoms with van der Waals surface area (Å²) in [5.41, 5.74) is 2.17. The summed E-state index contributed by atoms with van der Waals surface area (Å²) < 4.78 is 0. The van der Waals surface area contributed by atoms with Crippen LogP contribution in [0.25, 0.3) is 11.2 Å². The van der Waals surface area contributed by atoms with Crippen LogP contribution >= 0.6 is 0 Å². The first-order valence-electron chi connectivity index (χ1n) is 10.2. The normalized spacial score (nSPS) is 21.1. The highest BCUT2D eigenvalue weighted by Gasteiger charge is 2.38. The Bertz CT molecular complexity index is 909. The molecule has 7 heteroatoms. The summed E-state index contributed by atoms with van der Waals surface area (Å²) in [4.78, 5) is 40.2. The van der Waals surface area contributed by atoms with Crippen molar-refractivity contribution in [3.63, 3.8) is 0 Å². The van der Waals surface area contributed by atoms with Crippen molar-refractivity contribution < 1.29 is 9.59 Å². The van der Waals surface area contributed by atoms with E-state index in [1.165, 1.54) is 0 Å². The number of aromatic nitrogens is 3. The molecule has 2 aromatic rings. The van der Waals surface area contributed by atoms with E-state index in [1.54, 1.807) is 12.4 Å². The number of hydrogen-bond acceptors (Lipinski definition) is 4. The molecule has 1 aliphatic heterocycles. The van der Waals surface area contributed by atoms with Crippen molar-refractivity contribution in [1.29, 1.82) is 0 Å². The predicted molar refractivity (Wildman–Crippen MR) is 107 cm³/mol. The van der Waals surface area contributed by atoms with Crippen molar-refractivity contribution in [1.82, 2.24) is 25.2 Å². The highest BCUT2D eigenvalue weighted by atomic mass is 16.2. The zero-order chi connectivity index (χ0) is 20.1. The molecule has 4 rings (SSSR count). The lowest BCUT2D eigenvalue weighted by Crippen LogP contribution is -2.54. The first-order chi connectivity index (χ1) is 13.2. The minimum Gasteiger partial charge on any atom is -0.344 e. The van der Waals surface area contributed by atoms with E-state index in [1.807, 2.05) is 25.7 Å². The molecule has 0 spiro atoms. The third-order valence-electron chi connectivity index (χ3n) is 5.76. The molecule has 1 aliphatic carbocycles. The van der Waals surface area contributed by atoms with Gasteiger partial charge in [0.1, 0.15) is 11.6 Å². The van der Waals surface area contributed by atoms with Crippen LogP contribution in [0.2, 0.25) is 0 Å². The number of carbonyl (C=O) groups is 2. The molecule has 2 atom stereocenters. The average molecular weight is 383 g/mol. The second kappa shape index (κ2) is 6.87. The Hall–Kier alpha value is -2.44. The molecule has 1 saturated carbocycles. The number of carbonyl (C=O) groups excluding carboxylic acids is 2. The number of amides is 2. The van der Waals surface area contributed by atoms with Gasteiger partial charge in [-0.25, -0.2) is 9.97 Å². The van der Waals surface area contributed by atoms with Crippen LogP contribution in [0.15, 0.2) is 12.4 Å². The SMILES string of the molecule is C[C@H]1CCN(C(=O)[C@H](NC(=O)c2c[nH]c3ncc(C4CC4)nc23)C(C)(C)C)C1. The monoisotopic (exact) mass is 383 g/mol. The van der Waals surface area contributed by atoms with Gasteiger partial charge in [-0.05, 0) is 30.6 Å². The molecule has 2 fully saturated rings. The summed E-state index contributed by atoms with van der Waals surface area (Å²) in [6, 6.07) is -0.588. The van der Waals surface area contributed by atoms with Gasteiger partial charge in [-0.3, -0.25) is 9.59 Å². The van der Waals surface area contributed by atoms with Crippen molar-refractivity contribution in [2.75, 3.05) is 13.1 Å². The molecule has 0 aromatic carbocycles. The van der Waals surface area contributed by atoms with Gasteiger partial charge in [-0.2, -0.15) is 0 Å². The minimum absolute atomic E-state index is 0.00482. The molecule has 0 radical (unpaired) electrons. The van der Waals surface area contributed by atoms with Gasteiger partial charge in [-0.1, -0.05) is 27.7 Å². The zero-order valence-electron chi connectivity index (χ0n) is 17.1. The number of rotatable bonds is 4. The number of H-pyrrole nitrogens is 1. The number of aromatic amines is 1. The van der Waals surface area contributed by atoms with E-state index in [2.05, 4.69) is 27.2 Å². The molecular weight excluding hydrogens is 354 g/mol. The standard InChI is InChI=1S/C21H29N5O2/c1-12-7-8-26(11-12)20(28)17(21(2,3)4)25-19(27)14-9-22-18-16(14)24-15(10-23-18)13-5-6-13/h9-10,12-13,17H,5-8,11H2,1-4H3,(H,22,23)(H,25,27)/t12-,17-/m0/s1. The molecule has 2 N–H and O–H groups in total. The first-order valence-corrected chi connectivity index (χ1v) is 10.2. The highest BCUT2D eigenvalue weighted by Crippen LogP contribution is 2.39. The van der Waals surface area contributed by atoms with E-state index in [0.717, 1.165) is 38.0 Å². The second-order valence-electron chi connectivity index (χ2n) is 9.42. The lowest BCUT2D eigenvalue weighted by molar-refractivity contribution is -0.134. The molecule has 1 saturated heterocycles. The molecule has 2 aromatic heterocycles. The van der Waals surface area contributed by atoms with E-state index in [-0.39, 0.29) is 11.8 Å². The maximum atomic E-state index is 13.1. The van der Waals surface area contributed by atoms with Crippen LogP contribution in [0.1, 0.15) is 68.9 Å². The van der Waals surface area contributed by atoms with Gasteiger partial charge in [0.2, 0.25) is 5.91 Å². The molecular formula is C21H29N5O2. The van der Waals surface area contributed by atoms with E-state index in [4.69, 9.17) is 0 Å². The molecule has 150 valence electrons. The minimum atomic E-state index is -0.588. The number of nitrogens with zero attached hydrogens (tertiary/aromatic N) is 3. The highest BCUT2D eigenvalue weighted by molar-refractivity contribution is 6.06. The van der Waals surface area contributed by atoms with Crippen LogP contribution in [-0.2, 0) is 4.79 Å². The Morgan fingerprint density at radius 1 is 1.29 bits per heavy atom. The molecule has 28 heavy (non-hydrogen) atoms. The van der Waals surface area contributed by atoms with Crippen LogP contribution in [-0.4, -0.2) is 50.8 Å². The smallest absolute Gasteiger partial charge is 0.255 e. The largest absolute Gasteiger partial charge is 0.344 e. The maximum absolute atomic E-state index is 13.1. The topological polar surface area (TPSA) is 91.0 Å². The van der Waals surface area contributed by atoms with Crippen LogP contribution in [0.3, 0.4) is 0 Å².